The van der Waals surface area contributed by atoms with Gasteiger partial charge in [-0.25, -0.2) is 4.79 Å². The van der Waals surface area contributed by atoms with E-state index in [-0.39, 0.29) is 18.4 Å². The van der Waals surface area contributed by atoms with E-state index in [1.54, 1.807) is 58.0 Å². The minimum Gasteiger partial charge on any atom is -0.462 e. The number of hydrogen-bond donors (Lipinski definition) is 2. The van der Waals surface area contributed by atoms with Gasteiger partial charge in [0.05, 0.1) is 28.1 Å². The molecule has 0 aromatic heterocycles. The van der Waals surface area contributed by atoms with Crippen molar-refractivity contribution in [3.05, 3.63) is 35.9 Å². The van der Waals surface area contributed by atoms with Crippen molar-refractivity contribution in [2.24, 2.45) is 11.3 Å². The van der Waals surface area contributed by atoms with Gasteiger partial charge in [0.25, 0.3) is 0 Å². The Bertz CT molecular complexity index is 1020. The van der Waals surface area contributed by atoms with Crippen molar-refractivity contribution in [2.45, 2.75) is 95.6 Å². The Labute approximate surface area is 204 Å². The zero-order valence-electron chi connectivity index (χ0n) is 20.9. The minimum atomic E-state index is -1.65. The van der Waals surface area contributed by atoms with E-state index >= 15 is 0 Å². The van der Waals surface area contributed by atoms with Crippen LogP contribution >= 0.6 is 0 Å². The second-order valence-corrected chi connectivity index (χ2v) is 10.9. The summed E-state index contributed by atoms with van der Waals surface area (Å²) >= 11 is 0. The molecule has 1 aromatic carbocycles. The molecular formula is C26H34O9. The maximum absolute atomic E-state index is 13.2. The van der Waals surface area contributed by atoms with Crippen molar-refractivity contribution in [3.63, 3.8) is 0 Å². The number of hydrogen-bond acceptors (Lipinski definition) is 9. The summed E-state index contributed by atoms with van der Waals surface area (Å²) in [7, 11) is 0. The summed E-state index contributed by atoms with van der Waals surface area (Å²) in [6.45, 7) is 9.22. The molecule has 2 bridgehead atoms. The van der Waals surface area contributed by atoms with Crippen molar-refractivity contribution >= 4 is 17.9 Å². The number of fused-ring (bicyclic) bond motifs is 1. The summed E-state index contributed by atoms with van der Waals surface area (Å²) in [5.74, 6) is -2.70. The minimum absolute atomic E-state index is 0.163. The van der Waals surface area contributed by atoms with Gasteiger partial charge in [-0.2, -0.15) is 0 Å². The monoisotopic (exact) mass is 490 g/mol. The summed E-state index contributed by atoms with van der Waals surface area (Å²) < 4.78 is 24.1. The van der Waals surface area contributed by atoms with Gasteiger partial charge < -0.3 is 29.2 Å². The summed E-state index contributed by atoms with van der Waals surface area (Å²) in [5.41, 5.74) is -5.52. The first kappa shape index (κ1) is 25.6. The highest BCUT2D eigenvalue weighted by atomic mass is 16.6. The van der Waals surface area contributed by atoms with E-state index < -0.39 is 70.5 Å². The Morgan fingerprint density at radius 3 is 2.11 bits per heavy atom. The first-order valence-corrected chi connectivity index (χ1v) is 11.9. The van der Waals surface area contributed by atoms with Crippen LogP contribution in [0.1, 0.15) is 64.7 Å². The number of aliphatic hydroxyl groups excluding tert-OH is 1. The standard InChI is InChI=1S/C26H34O9/c1-14(27)32-17-12-13-24(5,31)26-20(33-15(2)28)18(23(3,4)35-26)19(29)21(25(17,26)6)34-22(30)16-10-8-7-9-11-16/h7-11,17-21,29,31H,12-13H2,1-6H3/t17-,18+,19-,20+,21-,24-,25-,26-/m0/s1. The maximum atomic E-state index is 13.2. The second-order valence-electron chi connectivity index (χ2n) is 10.9. The molecule has 4 rings (SSSR count). The average molecular weight is 491 g/mol. The summed E-state index contributed by atoms with van der Waals surface area (Å²) in [4.78, 5) is 37.5. The molecule has 1 saturated heterocycles. The normalized spacial score (nSPS) is 41.4. The molecule has 1 aromatic rings. The highest BCUT2D eigenvalue weighted by Gasteiger charge is 2.84. The first-order valence-electron chi connectivity index (χ1n) is 11.9. The molecule has 0 amide bonds. The SMILES string of the molecule is CC(=O)O[C@H]1CC[C@](C)(O)[C@]23OC(C)(C)[C@H]([C@H](O)[C@H](OC(=O)c4ccccc4)[C@]12C)[C@H]3OC(C)=O. The molecule has 9 heteroatoms. The van der Waals surface area contributed by atoms with E-state index in [4.69, 9.17) is 18.9 Å². The largest absolute Gasteiger partial charge is 0.462 e. The van der Waals surface area contributed by atoms with Crippen LogP contribution in [0.2, 0.25) is 0 Å². The van der Waals surface area contributed by atoms with E-state index in [2.05, 4.69) is 0 Å². The van der Waals surface area contributed by atoms with Gasteiger partial charge in [0.1, 0.15) is 30.0 Å². The van der Waals surface area contributed by atoms with Gasteiger partial charge in [-0.15, -0.1) is 0 Å². The third-order valence-corrected chi connectivity index (χ3v) is 8.23. The number of ether oxygens (including phenoxy) is 4. The zero-order chi connectivity index (χ0) is 26.0. The molecule has 8 atom stereocenters. The van der Waals surface area contributed by atoms with Crippen LogP contribution in [0.15, 0.2) is 30.3 Å². The molecule has 0 unspecified atom stereocenters. The number of esters is 3. The Balaban J connectivity index is 1.94. The van der Waals surface area contributed by atoms with Gasteiger partial charge in [0.2, 0.25) is 0 Å². The lowest BCUT2D eigenvalue weighted by Crippen LogP contribution is -2.81. The molecule has 1 aliphatic heterocycles. The smallest absolute Gasteiger partial charge is 0.338 e. The summed E-state index contributed by atoms with van der Waals surface area (Å²) in [6, 6.07) is 8.32. The van der Waals surface area contributed by atoms with Crippen molar-refractivity contribution < 1.29 is 43.5 Å². The van der Waals surface area contributed by atoms with Gasteiger partial charge in [-0.3, -0.25) is 9.59 Å². The Morgan fingerprint density at radius 2 is 1.54 bits per heavy atom. The van der Waals surface area contributed by atoms with Crippen LogP contribution in [0, 0.1) is 11.3 Å². The molecule has 9 nitrogen and oxygen atoms in total. The van der Waals surface area contributed by atoms with Crippen LogP contribution in [-0.2, 0) is 28.5 Å². The zero-order valence-corrected chi connectivity index (χ0v) is 20.9. The number of aliphatic hydroxyl groups is 2. The van der Waals surface area contributed by atoms with Crippen LogP contribution in [0.25, 0.3) is 0 Å². The Morgan fingerprint density at radius 1 is 0.943 bits per heavy atom. The number of rotatable bonds is 4. The van der Waals surface area contributed by atoms with Crippen molar-refractivity contribution in [3.8, 4) is 0 Å². The predicted octanol–water partition coefficient (Wildman–Crippen LogP) is 2.16. The average Bonchev–Trinajstić information content (AvgIpc) is 2.97. The van der Waals surface area contributed by atoms with Gasteiger partial charge in [0, 0.05) is 13.8 Å². The van der Waals surface area contributed by atoms with E-state index in [1.807, 2.05) is 0 Å². The third-order valence-electron chi connectivity index (χ3n) is 8.23. The van der Waals surface area contributed by atoms with Crippen LogP contribution in [0.5, 0.6) is 0 Å². The van der Waals surface area contributed by atoms with Crippen LogP contribution in [-0.4, -0.2) is 69.3 Å². The van der Waals surface area contributed by atoms with Crippen molar-refractivity contribution in [2.75, 3.05) is 0 Å². The second kappa shape index (κ2) is 8.28. The molecule has 3 fully saturated rings. The molecule has 1 heterocycles. The molecule has 192 valence electrons. The topological polar surface area (TPSA) is 129 Å². The highest BCUT2D eigenvalue weighted by Crippen LogP contribution is 2.68. The van der Waals surface area contributed by atoms with Gasteiger partial charge in [-0.05, 0) is 52.7 Å². The van der Waals surface area contributed by atoms with E-state index in [0.29, 0.717) is 0 Å². The Kier molecular flexibility index (Phi) is 6.06. The number of carbonyl (C=O) groups excluding carboxylic acids is 3. The summed E-state index contributed by atoms with van der Waals surface area (Å²) in [5, 5.41) is 23.6. The fourth-order valence-electron chi connectivity index (χ4n) is 6.90. The molecule has 2 saturated carbocycles. The van der Waals surface area contributed by atoms with Crippen molar-refractivity contribution in [1.82, 2.24) is 0 Å². The molecule has 35 heavy (non-hydrogen) atoms. The molecule has 2 aliphatic carbocycles. The molecule has 3 aliphatic rings. The molecule has 1 spiro atoms. The van der Waals surface area contributed by atoms with E-state index in [1.165, 1.54) is 13.8 Å². The van der Waals surface area contributed by atoms with Gasteiger partial charge in [0.15, 0.2) is 0 Å². The quantitative estimate of drug-likeness (QED) is 0.482. The molecule has 0 radical (unpaired) electrons. The fourth-order valence-corrected chi connectivity index (χ4v) is 6.90. The lowest BCUT2D eigenvalue weighted by atomic mass is 9.47. The lowest BCUT2D eigenvalue weighted by Gasteiger charge is -2.64. The van der Waals surface area contributed by atoms with Crippen LogP contribution in [0.4, 0.5) is 0 Å². The first-order chi connectivity index (χ1) is 16.2. The van der Waals surface area contributed by atoms with Gasteiger partial charge >= 0.3 is 17.9 Å². The lowest BCUT2D eigenvalue weighted by molar-refractivity contribution is -0.336. The van der Waals surface area contributed by atoms with E-state index in [9.17, 15) is 24.6 Å². The van der Waals surface area contributed by atoms with E-state index in [0.717, 1.165) is 0 Å². The van der Waals surface area contributed by atoms with Crippen LogP contribution < -0.4 is 0 Å². The maximum Gasteiger partial charge on any atom is 0.338 e. The predicted molar refractivity (Wildman–Crippen MR) is 122 cm³/mol. The molecular weight excluding hydrogens is 456 g/mol. The van der Waals surface area contributed by atoms with Gasteiger partial charge in [-0.1, -0.05) is 18.2 Å². The molecule has 2 N–H and O–H groups in total. The summed E-state index contributed by atoms with van der Waals surface area (Å²) in [6.07, 6.45) is -4.21. The number of benzene rings is 1. The number of carbonyl (C=O) groups is 3. The third kappa shape index (κ3) is 3.58. The Hall–Kier alpha value is -2.49. The fraction of sp³-hybridized carbons (Fsp3) is 0.654. The van der Waals surface area contributed by atoms with Crippen LogP contribution in [0.3, 0.4) is 0 Å². The highest BCUT2D eigenvalue weighted by molar-refractivity contribution is 5.89. The van der Waals surface area contributed by atoms with Crippen molar-refractivity contribution in [1.29, 1.82) is 0 Å².